The number of nitrogens with zero attached hydrogens (tertiary/aromatic N) is 4. The van der Waals surface area contributed by atoms with Gasteiger partial charge in [0, 0.05) is 59.5 Å². The highest BCUT2D eigenvalue weighted by Gasteiger charge is 2.29. The summed E-state index contributed by atoms with van der Waals surface area (Å²) in [6, 6.07) is 31.9. The van der Waals surface area contributed by atoms with Crippen molar-refractivity contribution in [2.45, 2.75) is 37.8 Å². The van der Waals surface area contributed by atoms with Crippen molar-refractivity contribution in [1.82, 2.24) is 30.4 Å². The van der Waals surface area contributed by atoms with E-state index in [-0.39, 0.29) is 60.4 Å². The van der Waals surface area contributed by atoms with Gasteiger partial charge in [0.25, 0.3) is 0 Å². The average Bonchev–Trinajstić information content (AvgIpc) is 3.35. The van der Waals surface area contributed by atoms with Gasteiger partial charge in [-0.2, -0.15) is 0 Å². The van der Waals surface area contributed by atoms with Crippen molar-refractivity contribution in [3.63, 3.8) is 0 Å². The molecule has 2 atom stereocenters. The molecule has 2 N–H and O–H groups in total. The number of piperidine rings is 2. The molecule has 2 amide bonds. The van der Waals surface area contributed by atoms with Crippen molar-refractivity contribution in [2.24, 2.45) is 11.8 Å². The summed E-state index contributed by atoms with van der Waals surface area (Å²) in [5.41, 5.74) is 3.36. The second-order valence-electron chi connectivity index (χ2n) is 16.6. The first kappa shape index (κ1) is 49.8. The van der Waals surface area contributed by atoms with Crippen LogP contribution in [0.3, 0.4) is 0 Å². The Bertz CT molecular complexity index is 2360. The summed E-state index contributed by atoms with van der Waals surface area (Å²) in [6.07, 6.45) is 6.28. The first-order valence-corrected chi connectivity index (χ1v) is 23.3. The predicted molar refractivity (Wildman–Crippen MR) is 253 cm³/mol. The van der Waals surface area contributed by atoms with Crippen LogP contribution in [0.5, 0.6) is 11.5 Å². The first-order chi connectivity index (χ1) is 33.0. The Morgan fingerprint density at radius 1 is 0.559 bits per heavy atom. The molecule has 4 aromatic carbocycles. The van der Waals surface area contributed by atoms with Crippen LogP contribution in [0.25, 0.3) is 0 Å². The van der Waals surface area contributed by atoms with E-state index in [1.54, 1.807) is 36.7 Å². The molecule has 16 heteroatoms. The Morgan fingerprint density at radius 3 is 1.28 bits per heavy atom. The SMILES string of the molecule is O=C(NC(c1ccc(Cl)cc1)c1ccccn1)C1CCN(CCOc2ccc(F)cc2F)CC1.O=C(NC(c1ccc(Cl)cc1)c1ccccn1)C1CCN(CCOc2ccc(F)cc2F)CC1. The number of carbonyl (C=O) groups is 2. The van der Waals surface area contributed by atoms with Gasteiger partial charge in [-0.1, -0.05) is 59.6 Å². The van der Waals surface area contributed by atoms with Crippen LogP contribution in [-0.2, 0) is 9.59 Å². The van der Waals surface area contributed by atoms with Crippen LogP contribution in [0, 0.1) is 35.1 Å². The molecule has 0 spiro atoms. The van der Waals surface area contributed by atoms with Crippen LogP contribution in [0.15, 0.2) is 134 Å². The normalized spacial score (nSPS) is 15.6. The minimum atomic E-state index is -0.710. The molecule has 6 aromatic rings. The van der Waals surface area contributed by atoms with Gasteiger partial charge >= 0.3 is 0 Å². The third-order valence-corrected chi connectivity index (χ3v) is 12.5. The minimum absolute atomic E-state index is 0.00473. The molecule has 2 aliphatic heterocycles. The fraction of sp³-hybridized carbons (Fsp3) is 0.308. The summed E-state index contributed by atoms with van der Waals surface area (Å²) in [5, 5.41) is 7.60. The maximum absolute atomic E-state index is 13.7. The zero-order chi connectivity index (χ0) is 47.8. The lowest BCUT2D eigenvalue weighted by Gasteiger charge is -2.32. The molecule has 8 rings (SSSR count). The summed E-state index contributed by atoms with van der Waals surface area (Å²) in [6.45, 7) is 4.74. The number of amides is 2. The molecule has 0 saturated carbocycles. The van der Waals surface area contributed by atoms with E-state index in [9.17, 15) is 27.2 Å². The Labute approximate surface area is 403 Å². The molecule has 10 nitrogen and oxygen atoms in total. The molecule has 68 heavy (non-hydrogen) atoms. The number of carbonyl (C=O) groups excluding carboxylic acids is 2. The summed E-state index contributed by atoms with van der Waals surface area (Å²) in [4.78, 5) is 39.5. The average molecular weight is 972 g/mol. The van der Waals surface area contributed by atoms with E-state index in [4.69, 9.17) is 32.7 Å². The Balaban J connectivity index is 0.000000201. The molecular formula is C52H52Cl2F4N6O4. The Hall–Kier alpha value is -6.06. The Kier molecular flexibility index (Phi) is 18.2. The molecule has 2 fully saturated rings. The van der Waals surface area contributed by atoms with E-state index in [1.165, 1.54) is 24.3 Å². The first-order valence-electron chi connectivity index (χ1n) is 22.5. The molecule has 2 unspecified atom stereocenters. The Morgan fingerprint density at radius 2 is 0.941 bits per heavy atom. The predicted octanol–water partition coefficient (Wildman–Crippen LogP) is 10.0. The molecule has 0 aliphatic carbocycles. The second-order valence-corrected chi connectivity index (χ2v) is 17.4. The fourth-order valence-corrected chi connectivity index (χ4v) is 8.42. The number of hydrogen-bond donors (Lipinski definition) is 2. The number of likely N-dealkylation sites (tertiary alicyclic amines) is 2. The molecular weight excluding hydrogens is 920 g/mol. The van der Waals surface area contributed by atoms with Gasteiger partial charge in [-0.05, 0) is 136 Å². The molecule has 2 saturated heterocycles. The summed E-state index contributed by atoms with van der Waals surface area (Å²) < 4.78 is 64.3. The topological polar surface area (TPSA) is 109 Å². The van der Waals surface area contributed by atoms with Crippen LogP contribution < -0.4 is 20.1 Å². The number of benzene rings is 4. The van der Waals surface area contributed by atoms with E-state index in [0.717, 1.165) is 60.8 Å². The molecule has 0 bridgehead atoms. The molecule has 0 radical (unpaired) electrons. The number of halogens is 6. The highest BCUT2D eigenvalue weighted by molar-refractivity contribution is 6.30. The maximum Gasteiger partial charge on any atom is 0.224 e. The van der Waals surface area contributed by atoms with Gasteiger partial charge in [0.15, 0.2) is 23.1 Å². The number of aromatic nitrogens is 2. The standard InChI is InChI=1S/2C26H26ClF2N3O2/c2*27-20-6-4-18(5-7-20)25(23-3-1-2-12-30-23)31-26(33)19-10-13-32(14-11-19)15-16-34-24-9-8-21(28)17-22(24)29/h2*1-9,12,17,19,25H,10-11,13-16H2,(H,31,33). The number of ether oxygens (including phenoxy) is 2. The van der Waals surface area contributed by atoms with E-state index >= 15 is 0 Å². The van der Waals surface area contributed by atoms with Gasteiger partial charge in [-0.15, -0.1) is 0 Å². The molecule has 2 aromatic heterocycles. The van der Waals surface area contributed by atoms with E-state index in [2.05, 4.69) is 30.4 Å². The highest BCUT2D eigenvalue weighted by Crippen LogP contribution is 2.27. The smallest absolute Gasteiger partial charge is 0.224 e. The number of pyridine rings is 2. The van der Waals surface area contributed by atoms with Gasteiger partial charge in [0.05, 0.1) is 23.5 Å². The van der Waals surface area contributed by atoms with Gasteiger partial charge in [-0.3, -0.25) is 29.4 Å². The lowest BCUT2D eigenvalue weighted by atomic mass is 9.94. The zero-order valence-corrected chi connectivity index (χ0v) is 38.7. The van der Waals surface area contributed by atoms with Crippen molar-refractivity contribution < 1.29 is 36.6 Å². The van der Waals surface area contributed by atoms with Gasteiger partial charge < -0.3 is 20.1 Å². The largest absolute Gasteiger partial charge is 0.489 e. The fourth-order valence-electron chi connectivity index (χ4n) is 8.17. The monoisotopic (exact) mass is 970 g/mol. The number of hydrogen-bond acceptors (Lipinski definition) is 8. The highest BCUT2D eigenvalue weighted by atomic mass is 35.5. The number of rotatable bonds is 16. The molecule has 2 aliphatic rings. The summed E-state index contributed by atoms with van der Waals surface area (Å²) in [7, 11) is 0. The van der Waals surface area contributed by atoms with E-state index in [0.29, 0.717) is 48.8 Å². The van der Waals surface area contributed by atoms with Crippen molar-refractivity contribution in [1.29, 1.82) is 0 Å². The summed E-state index contributed by atoms with van der Waals surface area (Å²) in [5.74, 6) is -2.83. The van der Waals surface area contributed by atoms with Crippen molar-refractivity contribution in [3.05, 3.63) is 190 Å². The van der Waals surface area contributed by atoms with Crippen LogP contribution in [0.4, 0.5) is 17.6 Å². The van der Waals surface area contributed by atoms with Crippen LogP contribution in [0.1, 0.15) is 60.3 Å². The van der Waals surface area contributed by atoms with Crippen LogP contribution in [0.2, 0.25) is 10.0 Å². The maximum atomic E-state index is 13.7. The minimum Gasteiger partial charge on any atom is -0.489 e. The quantitative estimate of drug-likeness (QED) is 0.0924. The van der Waals surface area contributed by atoms with Crippen molar-refractivity contribution >= 4 is 35.0 Å². The van der Waals surface area contributed by atoms with Crippen molar-refractivity contribution in [3.8, 4) is 11.5 Å². The van der Waals surface area contributed by atoms with E-state index in [1.807, 2.05) is 60.7 Å². The zero-order valence-electron chi connectivity index (χ0n) is 37.2. The molecule has 4 heterocycles. The number of nitrogens with one attached hydrogen (secondary N) is 2. The van der Waals surface area contributed by atoms with Gasteiger partial charge in [0.1, 0.15) is 24.8 Å². The van der Waals surface area contributed by atoms with E-state index < -0.39 is 23.3 Å². The van der Waals surface area contributed by atoms with Crippen LogP contribution in [-0.4, -0.2) is 84.1 Å². The lowest BCUT2D eigenvalue weighted by molar-refractivity contribution is -0.127. The third kappa shape index (κ3) is 14.5. The van der Waals surface area contributed by atoms with Gasteiger partial charge in [-0.25, -0.2) is 17.6 Å². The lowest BCUT2D eigenvalue weighted by Crippen LogP contribution is -2.43. The third-order valence-electron chi connectivity index (χ3n) is 12.0. The van der Waals surface area contributed by atoms with Crippen LogP contribution >= 0.6 is 23.2 Å². The molecule has 356 valence electrons. The van der Waals surface area contributed by atoms with Crippen molar-refractivity contribution in [2.75, 3.05) is 52.5 Å². The second kappa shape index (κ2) is 24.8. The van der Waals surface area contributed by atoms with Gasteiger partial charge in [0.2, 0.25) is 11.8 Å². The summed E-state index contributed by atoms with van der Waals surface area (Å²) >= 11 is 12.1.